The predicted octanol–water partition coefficient (Wildman–Crippen LogP) is 1.07. The van der Waals surface area contributed by atoms with Crippen LogP contribution in [-0.4, -0.2) is 70.8 Å². The van der Waals surface area contributed by atoms with Gasteiger partial charge in [-0.3, -0.25) is 14.4 Å². The molecule has 6 nitrogen and oxygen atoms in total. The number of rotatable bonds is 2. The van der Waals surface area contributed by atoms with Crippen LogP contribution in [0.3, 0.4) is 0 Å². The zero-order valence-corrected chi connectivity index (χ0v) is 14.8. The van der Waals surface area contributed by atoms with E-state index in [-0.39, 0.29) is 11.4 Å². The predicted molar refractivity (Wildman–Crippen MR) is 90.7 cm³/mol. The fourth-order valence-corrected chi connectivity index (χ4v) is 3.74. The van der Waals surface area contributed by atoms with Crippen molar-refractivity contribution in [3.05, 3.63) is 17.5 Å². The molecule has 2 fully saturated rings. The standard InChI is InChI=1S/C17H29N5O/c1-13-15(11-19-22(13)17(2,3)4)16(23)21-8-5-14(12-21)20-9-6-18-7-10-20/h11,14,18H,5-10,12H2,1-4H3. The second-order valence-electron chi connectivity index (χ2n) is 7.71. The zero-order chi connectivity index (χ0) is 16.6. The summed E-state index contributed by atoms with van der Waals surface area (Å²) in [7, 11) is 0. The van der Waals surface area contributed by atoms with Gasteiger partial charge in [-0.2, -0.15) is 5.10 Å². The number of hydrogen-bond donors (Lipinski definition) is 1. The molecule has 1 atom stereocenters. The average molecular weight is 319 g/mol. The average Bonchev–Trinajstić information content (AvgIpc) is 3.13. The molecule has 128 valence electrons. The molecule has 3 rings (SSSR count). The Kier molecular flexibility index (Phi) is 4.47. The molecule has 0 aromatic carbocycles. The third-order valence-corrected chi connectivity index (χ3v) is 4.99. The molecule has 0 radical (unpaired) electrons. The van der Waals surface area contributed by atoms with Crippen molar-refractivity contribution >= 4 is 5.91 Å². The smallest absolute Gasteiger partial charge is 0.257 e. The van der Waals surface area contributed by atoms with Crippen LogP contribution in [0.15, 0.2) is 6.20 Å². The number of hydrogen-bond acceptors (Lipinski definition) is 4. The molecule has 1 aromatic heterocycles. The molecule has 0 spiro atoms. The highest BCUT2D eigenvalue weighted by molar-refractivity contribution is 5.95. The molecule has 1 amide bonds. The van der Waals surface area contributed by atoms with E-state index in [1.165, 1.54) is 0 Å². The van der Waals surface area contributed by atoms with Crippen molar-refractivity contribution in [1.29, 1.82) is 0 Å². The SMILES string of the molecule is Cc1c(C(=O)N2CCC(N3CCNCC3)C2)cnn1C(C)(C)C. The third kappa shape index (κ3) is 3.28. The Morgan fingerprint density at radius 1 is 1.26 bits per heavy atom. The van der Waals surface area contributed by atoms with E-state index < -0.39 is 0 Å². The Morgan fingerprint density at radius 3 is 2.57 bits per heavy atom. The highest BCUT2D eigenvalue weighted by Crippen LogP contribution is 2.22. The van der Waals surface area contributed by atoms with Crippen LogP contribution in [0.1, 0.15) is 43.2 Å². The van der Waals surface area contributed by atoms with Gasteiger partial charge in [0.05, 0.1) is 17.3 Å². The topological polar surface area (TPSA) is 53.4 Å². The zero-order valence-electron chi connectivity index (χ0n) is 14.8. The first kappa shape index (κ1) is 16.5. The summed E-state index contributed by atoms with van der Waals surface area (Å²) in [6, 6.07) is 0.513. The van der Waals surface area contributed by atoms with E-state index >= 15 is 0 Å². The van der Waals surface area contributed by atoms with E-state index in [2.05, 4.69) is 36.1 Å². The lowest BCUT2D eigenvalue weighted by Crippen LogP contribution is -2.49. The summed E-state index contributed by atoms with van der Waals surface area (Å²) in [6.45, 7) is 14.3. The summed E-state index contributed by atoms with van der Waals surface area (Å²) >= 11 is 0. The van der Waals surface area contributed by atoms with Crippen LogP contribution in [0.2, 0.25) is 0 Å². The van der Waals surface area contributed by atoms with Crippen LogP contribution in [0.4, 0.5) is 0 Å². The van der Waals surface area contributed by atoms with E-state index in [0.29, 0.717) is 6.04 Å². The highest BCUT2D eigenvalue weighted by Gasteiger charge is 2.33. The first-order chi connectivity index (χ1) is 10.9. The maximum atomic E-state index is 12.9. The number of carbonyl (C=O) groups excluding carboxylic acids is 1. The van der Waals surface area contributed by atoms with Crippen LogP contribution >= 0.6 is 0 Å². The molecule has 1 unspecified atom stereocenters. The van der Waals surface area contributed by atoms with Crippen LogP contribution in [-0.2, 0) is 5.54 Å². The van der Waals surface area contributed by atoms with E-state index in [0.717, 1.165) is 56.9 Å². The van der Waals surface area contributed by atoms with E-state index in [4.69, 9.17) is 0 Å². The van der Waals surface area contributed by atoms with Crippen molar-refractivity contribution in [1.82, 2.24) is 24.9 Å². The van der Waals surface area contributed by atoms with Crippen LogP contribution in [0, 0.1) is 6.92 Å². The van der Waals surface area contributed by atoms with E-state index in [1.807, 2.05) is 16.5 Å². The lowest BCUT2D eigenvalue weighted by Gasteiger charge is -2.32. The Morgan fingerprint density at radius 2 is 1.96 bits per heavy atom. The summed E-state index contributed by atoms with van der Waals surface area (Å²) in [4.78, 5) is 17.4. The first-order valence-corrected chi connectivity index (χ1v) is 8.67. The molecule has 23 heavy (non-hydrogen) atoms. The minimum absolute atomic E-state index is 0.100. The van der Waals surface area contributed by atoms with E-state index in [1.54, 1.807) is 6.20 Å². The summed E-state index contributed by atoms with van der Waals surface area (Å²) in [6.07, 6.45) is 2.82. The molecule has 2 saturated heterocycles. The molecule has 6 heteroatoms. The van der Waals surface area contributed by atoms with Crippen molar-refractivity contribution in [3.8, 4) is 0 Å². The first-order valence-electron chi connectivity index (χ1n) is 8.67. The molecule has 0 aliphatic carbocycles. The van der Waals surface area contributed by atoms with Crippen molar-refractivity contribution < 1.29 is 4.79 Å². The van der Waals surface area contributed by atoms with Gasteiger partial charge in [0.25, 0.3) is 5.91 Å². The van der Waals surface area contributed by atoms with Crippen molar-refractivity contribution in [2.45, 2.75) is 45.7 Å². The maximum Gasteiger partial charge on any atom is 0.257 e. The molecule has 1 aromatic rings. The van der Waals surface area contributed by atoms with Gasteiger partial charge in [0.15, 0.2) is 0 Å². The van der Waals surface area contributed by atoms with Gasteiger partial charge in [-0.15, -0.1) is 0 Å². The van der Waals surface area contributed by atoms with Crippen LogP contribution in [0.25, 0.3) is 0 Å². The lowest BCUT2D eigenvalue weighted by atomic mass is 10.1. The van der Waals surface area contributed by atoms with Gasteiger partial charge in [0.2, 0.25) is 0 Å². The second-order valence-corrected chi connectivity index (χ2v) is 7.71. The summed E-state index contributed by atoms with van der Waals surface area (Å²) in [5.41, 5.74) is 1.62. The van der Waals surface area contributed by atoms with Crippen molar-refractivity contribution in [2.24, 2.45) is 0 Å². The van der Waals surface area contributed by atoms with Gasteiger partial charge in [-0.05, 0) is 34.1 Å². The minimum Gasteiger partial charge on any atom is -0.337 e. The number of carbonyl (C=O) groups is 1. The number of nitrogens with one attached hydrogen (secondary N) is 1. The summed E-state index contributed by atoms with van der Waals surface area (Å²) in [5.74, 6) is 0.135. The largest absolute Gasteiger partial charge is 0.337 e. The number of amides is 1. The molecule has 0 saturated carbocycles. The molecular formula is C17H29N5O. The monoisotopic (exact) mass is 319 g/mol. The van der Waals surface area contributed by atoms with Crippen LogP contribution < -0.4 is 5.32 Å². The quantitative estimate of drug-likeness (QED) is 0.886. The molecule has 2 aliphatic rings. The number of nitrogens with zero attached hydrogens (tertiary/aromatic N) is 4. The minimum atomic E-state index is -0.100. The Labute approximate surface area is 138 Å². The highest BCUT2D eigenvalue weighted by atomic mass is 16.2. The number of aromatic nitrogens is 2. The fraction of sp³-hybridized carbons (Fsp3) is 0.765. The van der Waals surface area contributed by atoms with Crippen LogP contribution in [0.5, 0.6) is 0 Å². The van der Waals surface area contributed by atoms with E-state index in [9.17, 15) is 4.79 Å². The fourth-order valence-electron chi connectivity index (χ4n) is 3.74. The van der Waals surface area contributed by atoms with Crippen molar-refractivity contribution in [3.63, 3.8) is 0 Å². The Bertz CT molecular complexity index is 568. The molecule has 3 heterocycles. The van der Waals surface area contributed by atoms with Gasteiger partial charge in [-0.1, -0.05) is 0 Å². The van der Waals surface area contributed by atoms with Gasteiger partial charge in [-0.25, -0.2) is 0 Å². The number of likely N-dealkylation sites (tertiary alicyclic amines) is 1. The van der Waals surface area contributed by atoms with Gasteiger partial charge in [0, 0.05) is 51.0 Å². The van der Waals surface area contributed by atoms with Crippen molar-refractivity contribution in [2.75, 3.05) is 39.3 Å². The summed E-state index contributed by atoms with van der Waals surface area (Å²) in [5, 5.41) is 7.83. The normalized spacial score (nSPS) is 23.5. The third-order valence-electron chi connectivity index (χ3n) is 4.99. The summed E-state index contributed by atoms with van der Waals surface area (Å²) < 4.78 is 1.95. The van der Waals surface area contributed by atoms with Gasteiger partial charge < -0.3 is 10.2 Å². The Hall–Kier alpha value is -1.40. The van der Waals surface area contributed by atoms with Gasteiger partial charge in [0.1, 0.15) is 0 Å². The lowest BCUT2D eigenvalue weighted by molar-refractivity contribution is 0.0772. The maximum absolute atomic E-state index is 12.9. The Balaban J connectivity index is 1.68. The molecule has 0 bridgehead atoms. The molecular weight excluding hydrogens is 290 g/mol. The second kappa shape index (κ2) is 6.24. The van der Waals surface area contributed by atoms with Gasteiger partial charge >= 0.3 is 0 Å². The number of piperazine rings is 1. The molecule has 1 N–H and O–H groups in total. The molecule has 2 aliphatic heterocycles.